The van der Waals surface area contributed by atoms with E-state index in [0.717, 1.165) is 25.1 Å². The Bertz CT molecular complexity index is 323. The molecule has 2 rings (SSSR count). The first-order valence-corrected chi connectivity index (χ1v) is 5.87. The molecule has 1 aromatic rings. The van der Waals surface area contributed by atoms with Crippen molar-refractivity contribution in [1.82, 2.24) is 4.90 Å². The number of rotatable bonds is 4. The summed E-state index contributed by atoms with van der Waals surface area (Å²) in [4.78, 5) is 2.33. The average molecular weight is 221 g/mol. The van der Waals surface area contributed by atoms with Crippen LogP contribution in [0.2, 0.25) is 0 Å². The van der Waals surface area contributed by atoms with Crippen LogP contribution < -0.4 is 0 Å². The summed E-state index contributed by atoms with van der Waals surface area (Å²) >= 11 is 0. The van der Waals surface area contributed by atoms with Gasteiger partial charge in [0.05, 0.1) is 13.2 Å². The minimum atomic E-state index is 0.100. The van der Waals surface area contributed by atoms with Crippen LogP contribution in [-0.4, -0.2) is 34.3 Å². The van der Waals surface area contributed by atoms with E-state index in [1.807, 2.05) is 12.1 Å². The van der Waals surface area contributed by atoms with Gasteiger partial charge >= 0.3 is 0 Å². The molecule has 1 aliphatic rings. The quantitative estimate of drug-likeness (QED) is 0.801. The first-order chi connectivity index (χ1) is 7.83. The van der Waals surface area contributed by atoms with E-state index in [4.69, 9.17) is 5.11 Å². The largest absolute Gasteiger partial charge is 0.395 e. The fraction of sp³-hybridized carbons (Fsp3) is 0.538. The van der Waals surface area contributed by atoms with Crippen LogP contribution >= 0.6 is 0 Å². The number of benzene rings is 1. The summed E-state index contributed by atoms with van der Waals surface area (Å²) in [5.74, 6) is 0. The zero-order valence-corrected chi connectivity index (χ0v) is 9.47. The monoisotopic (exact) mass is 221 g/mol. The van der Waals surface area contributed by atoms with Crippen LogP contribution in [-0.2, 0) is 13.2 Å². The van der Waals surface area contributed by atoms with Crippen LogP contribution in [0.3, 0.4) is 0 Å². The molecule has 3 heteroatoms. The van der Waals surface area contributed by atoms with Gasteiger partial charge in [0.1, 0.15) is 0 Å². The maximum absolute atomic E-state index is 9.22. The van der Waals surface area contributed by atoms with Gasteiger partial charge in [-0.15, -0.1) is 0 Å². The molecule has 3 nitrogen and oxygen atoms in total. The fourth-order valence-corrected chi connectivity index (χ4v) is 2.29. The van der Waals surface area contributed by atoms with Gasteiger partial charge in [0.15, 0.2) is 0 Å². The molecule has 1 fully saturated rings. The van der Waals surface area contributed by atoms with Gasteiger partial charge in [0.2, 0.25) is 0 Å². The van der Waals surface area contributed by atoms with E-state index in [1.165, 1.54) is 12.0 Å². The van der Waals surface area contributed by atoms with Crippen LogP contribution in [0.15, 0.2) is 24.3 Å². The predicted octanol–water partition coefficient (Wildman–Crippen LogP) is 1.14. The molecule has 0 bridgehead atoms. The average Bonchev–Trinajstić information content (AvgIpc) is 2.77. The maximum atomic E-state index is 9.22. The van der Waals surface area contributed by atoms with Crippen molar-refractivity contribution in [2.45, 2.75) is 32.0 Å². The number of aliphatic hydroxyl groups excluding tert-OH is 2. The van der Waals surface area contributed by atoms with Crippen molar-refractivity contribution >= 4 is 0 Å². The van der Waals surface area contributed by atoms with Crippen molar-refractivity contribution < 1.29 is 10.2 Å². The van der Waals surface area contributed by atoms with Crippen LogP contribution in [0.25, 0.3) is 0 Å². The number of likely N-dealkylation sites (tertiary alicyclic amines) is 1. The Morgan fingerprint density at radius 1 is 1.12 bits per heavy atom. The van der Waals surface area contributed by atoms with Gasteiger partial charge in [-0.1, -0.05) is 24.3 Å². The van der Waals surface area contributed by atoms with Crippen LogP contribution in [0.4, 0.5) is 0 Å². The Kier molecular flexibility index (Phi) is 3.93. The number of hydrogen-bond acceptors (Lipinski definition) is 3. The third-order valence-electron chi connectivity index (χ3n) is 3.30. The molecule has 0 amide bonds. The van der Waals surface area contributed by atoms with Gasteiger partial charge in [-0.3, -0.25) is 4.90 Å². The Hall–Kier alpha value is -0.900. The highest BCUT2D eigenvalue weighted by molar-refractivity contribution is 5.22. The molecule has 2 N–H and O–H groups in total. The lowest BCUT2D eigenvalue weighted by molar-refractivity contribution is 0.153. The summed E-state index contributed by atoms with van der Waals surface area (Å²) in [6, 6.07) is 8.35. The second-order valence-electron chi connectivity index (χ2n) is 4.42. The highest BCUT2D eigenvalue weighted by atomic mass is 16.3. The van der Waals surface area contributed by atoms with E-state index in [-0.39, 0.29) is 13.2 Å². The number of nitrogens with zero attached hydrogens (tertiary/aromatic N) is 1. The standard InChI is InChI=1S/C13H19NO2/c15-9-12-5-3-11(4-6-12)8-14-7-1-2-13(14)10-16/h3-6,13,15-16H,1-2,7-10H2/t13-/m0/s1. The zero-order valence-electron chi connectivity index (χ0n) is 9.47. The molecule has 0 aromatic heterocycles. The molecule has 0 aliphatic carbocycles. The third kappa shape index (κ3) is 2.61. The van der Waals surface area contributed by atoms with E-state index >= 15 is 0 Å². The first kappa shape index (κ1) is 11.6. The number of hydrogen-bond donors (Lipinski definition) is 2. The Morgan fingerprint density at radius 2 is 1.81 bits per heavy atom. The van der Waals surface area contributed by atoms with Crippen LogP contribution in [0.5, 0.6) is 0 Å². The number of aliphatic hydroxyl groups is 2. The third-order valence-corrected chi connectivity index (χ3v) is 3.30. The second-order valence-corrected chi connectivity index (χ2v) is 4.42. The summed E-state index contributed by atoms with van der Waals surface area (Å²) < 4.78 is 0. The minimum Gasteiger partial charge on any atom is -0.395 e. The Labute approximate surface area is 96.3 Å². The molecule has 0 radical (unpaired) electrons. The van der Waals surface area contributed by atoms with Crippen molar-refractivity contribution in [2.75, 3.05) is 13.2 Å². The molecule has 1 heterocycles. The SMILES string of the molecule is OCc1ccc(CN2CCC[C@H]2CO)cc1. The van der Waals surface area contributed by atoms with Crippen molar-refractivity contribution in [3.63, 3.8) is 0 Å². The molecular formula is C13H19NO2. The predicted molar refractivity (Wildman–Crippen MR) is 62.9 cm³/mol. The summed E-state index contributed by atoms with van der Waals surface area (Å²) in [7, 11) is 0. The van der Waals surface area contributed by atoms with Crippen molar-refractivity contribution in [2.24, 2.45) is 0 Å². The van der Waals surface area contributed by atoms with Gasteiger partial charge in [0, 0.05) is 12.6 Å². The summed E-state index contributed by atoms with van der Waals surface area (Å²) in [5, 5.41) is 18.2. The van der Waals surface area contributed by atoms with Gasteiger partial charge < -0.3 is 10.2 Å². The summed E-state index contributed by atoms with van der Waals surface area (Å²) in [6.45, 7) is 2.34. The normalized spacial score (nSPS) is 21.5. The second kappa shape index (κ2) is 5.43. The van der Waals surface area contributed by atoms with Gasteiger partial charge in [0.25, 0.3) is 0 Å². The van der Waals surface area contributed by atoms with Gasteiger partial charge in [-0.2, -0.15) is 0 Å². The van der Waals surface area contributed by atoms with E-state index in [1.54, 1.807) is 0 Å². The van der Waals surface area contributed by atoms with Gasteiger partial charge in [-0.05, 0) is 30.5 Å². The molecule has 1 aliphatic heterocycles. The first-order valence-electron chi connectivity index (χ1n) is 5.87. The van der Waals surface area contributed by atoms with Gasteiger partial charge in [-0.25, -0.2) is 0 Å². The maximum Gasteiger partial charge on any atom is 0.0681 e. The Balaban J connectivity index is 1.97. The highest BCUT2D eigenvalue weighted by Crippen LogP contribution is 2.19. The van der Waals surface area contributed by atoms with Crippen LogP contribution in [0, 0.1) is 0 Å². The van der Waals surface area contributed by atoms with E-state index in [0.29, 0.717) is 6.04 Å². The lowest BCUT2D eigenvalue weighted by Crippen LogP contribution is -2.31. The summed E-state index contributed by atoms with van der Waals surface area (Å²) in [5.41, 5.74) is 2.20. The highest BCUT2D eigenvalue weighted by Gasteiger charge is 2.23. The lowest BCUT2D eigenvalue weighted by Gasteiger charge is -2.22. The molecule has 1 atom stereocenters. The molecule has 1 aromatic carbocycles. The van der Waals surface area contributed by atoms with Crippen molar-refractivity contribution in [3.8, 4) is 0 Å². The minimum absolute atomic E-state index is 0.100. The molecule has 0 unspecified atom stereocenters. The molecule has 88 valence electrons. The lowest BCUT2D eigenvalue weighted by atomic mass is 10.1. The molecule has 1 saturated heterocycles. The van der Waals surface area contributed by atoms with Crippen molar-refractivity contribution in [1.29, 1.82) is 0 Å². The van der Waals surface area contributed by atoms with E-state index in [2.05, 4.69) is 17.0 Å². The Morgan fingerprint density at radius 3 is 2.44 bits per heavy atom. The topological polar surface area (TPSA) is 43.7 Å². The molecular weight excluding hydrogens is 202 g/mol. The van der Waals surface area contributed by atoms with Crippen LogP contribution in [0.1, 0.15) is 24.0 Å². The zero-order chi connectivity index (χ0) is 11.4. The molecule has 16 heavy (non-hydrogen) atoms. The smallest absolute Gasteiger partial charge is 0.0681 e. The van der Waals surface area contributed by atoms with E-state index < -0.39 is 0 Å². The van der Waals surface area contributed by atoms with Crippen molar-refractivity contribution in [3.05, 3.63) is 35.4 Å². The molecule has 0 saturated carbocycles. The van der Waals surface area contributed by atoms with E-state index in [9.17, 15) is 5.11 Å². The fourth-order valence-electron chi connectivity index (χ4n) is 2.29. The summed E-state index contributed by atoms with van der Waals surface area (Å²) in [6.07, 6.45) is 2.28. The molecule has 0 spiro atoms.